The van der Waals surface area contributed by atoms with Gasteiger partial charge in [-0.1, -0.05) is 0 Å². The summed E-state index contributed by atoms with van der Waals surface area (Å²) in [5.41, 5.74) is 0.620. The molecule has 4 rings (SSSR count). The molecule has 24 heavy (non-hydrogen) atoms. The quantitative estimate of drug-likeness (QED) is 0.860. The molecule has 0 saturated carbocycles. The Balaban J connectivity index is 1.52. The van der Waals surface area contributed by atoms with Crippen molar-refractivity contribution in [3.05, 3.63) is 48.3 Å². The predicted octanol–water partition coefficient (Wildman–Crippen LogP) is 2.23. The van der Waals surface area contributed by atoms with E-state index in [9.17, 15) is 4.79 Å². The highest BCUT2D eigenvalue weighted by molar-refractivity contribution is 5.94. The Morgan fingerprint density at radius 1 is 1.33 bits per heavy atom. The van der Waals surface area contributed by atoms with Crippen LogP contribution in [0.15, 0.2) is 45.8 Å². The largest absolute Gasteiger partial charge is 0.472 e. The van der Waals surface area contributed by atoms with Crippen LogP contribution in [0.1, 0.15) is 22.5 Å². The van der Waals surface area contributed by atoms with Crippen LogP contribution in [0.25, 0.3) is 0 Å². The maximum absolute atomic E-state index is 12.8. The van der Waals surface area contributed by atoms with Gasteiger partial charge in [0.1, 0.15) is 12.0 Å². The Hall–Kier alpha value is -2.05. The smallest absolute Gasteiger partial charge is 0.257 e. The van der Waals surface area contributed by atoms with Gasteiger partial charge >= 0.3 is 0 Å². The van der Waals surface area contributed by atoms with Crippen LogP contribution >= 0.6 is 0 Å². The van der Waals surface area contributed by atoms with Crippen molar-refractivity contribution in [2.45, 2.75) is 25.1 Å². The first-order valence-electron chi connectivity index (χ1n) is 8.37. The standard InChI is InChI=1S/C18H22N2O4/c1-22-17-4-6-20(18(21)13-5-8-23-12-13)16-11-19(10-15(16)17)9-14-3-2-7-24-14/h2-3,5,7-8,12,15-17H,4,6,9-11H2,1H3/t15-,16+,17-/m1/s1. The number of amides is 1. The number of nitrogens with zero attached hydrogens (tertiary/aromatic N) is 2. The van der Waals surface area contributed by atoms with Gasteiger partial charge in [-0.3, -0.25) is 9.69 Å². The fourth-order valence-electron chi connectivity index (χ4n) is 4.08. The third-order valence-electron chi connectivity index (χ3n) is 5.23. The maximum atomic E-state index is 12.8. The van der Waals surface area contributed by atoms with E-state index in [0.29, 0.717) is 11.5 Å². The molecule has 3 atom stereocenters. The molecule has 4 heterocycles. The number of piperidine rings is 1. The van der Waals surface area contributed by atoms with Gasteiger partial charge in [0.05, 0.1) is 36.8 Å². The topological polar surface area (TPSA) is 59.1 Å². The maximum Gasteiger partial charge on any atom is 0.257 e. The van der Waals surface area contributed by atoms with Gasteiger partial charge in [0.25, 0.3) is 5.91 Å². The number of hydrogen-bond acceptors (Lipinski definition) is 5. The van der Waals surface area contributed by atoms with Crippen molar-refractivity contribution in [1.29, 1.82) is 0 Å². The molecule has 2 fully saturated rings. The summed E-state index contributed by atoms with van der Waals surface area (Å²) in [5, 5.41) is 0. The van der Waals surface area contributed by atoms with Crippen LogP contribution in [0, 0.1) is 5.92 Å². The SMILES string of the molecule is CO[C@@H]1CCN(C(=O)c2ccoc2)[C@H]2CN(Cc3ccco3)C[C@@H]12. The molecule has 0 aliphatic carbocycles. The van der Waals surface area contributed by atoms with E-state index in [0.717, 1.165) is 38.4 Å². The minimum absolute atomic E-state index is 0.0492. The zero-order valence-electron chi connectivity index (χ0n) is 13.8. The molecule has 0 unspecified atom stereocenters. The van der Waals surface area contributed by atoms with Gasteiger partial charge in [-0.05, 0) is 24.6 Å². The van der Waals surface area contributed by atoms with Crippen LogP contribution in [0.3, 0.4) is 0 Å². The van der Waals surface area contributed by atoms with Crippen LogP contribution in [-0.2, 0) is 11.3 Å². The minimum Gasteiger partial charge on any atom is -0.472 e. The number of likely N-dealkylation sites (tertiary alicyclic amines) is 2. The van der Waals surface area contributed by atoms with Crippen molar-refractivity contribution in [3.63, 3.8) is 0 Å². The summed E-state index contributed by atoms with van der Waals surface area (Å²) in [6.07, 6.45) is 5.84. The molecule has 128 valence electrons. The Morgan fingerprint density at radius 2 is 2.25 bits per heavy atom. The van der Waals surface area contributed by atoms with Crippen LogP contribution in [0.5, 0.6) is 0 Å². The third-order valence-corrected chi connectivity index (χ3v) is 5.23. The number of methoxy groups -OCH3 is 1. The van der Waals surface area contributed by atoms with Gasteiger partial charge in [-0.2, -0.15) is 0 Å². The third kappa shape index (κ3) is 2.76. The Labute approximate surface area is 141 Å². The van der Waals surface area contributed by atoms with Gasteiger partial charge in [0.15, 0.2) is 0 Å². The highest BCUT2D eigenvalue weighted by atomic mass is 16.5. The summed E-state index contributed by atoms with van der Waals surface area (Å²) < 4.78 is 16.2. The molecule has 6 nitrogen and oxygen atoms in total. The highest BCUT2D eigenvalue weighted by Crippen LogP contribution is 2.34. The van der Waals surface area contributed by atoms with Gasteiger partial charge in [-0.25, -0.2) is 0 Å². The van der Waals surface area contributed by atoms with Crippen LogP contribution in [0.2, 0.25) is 0 Å². The molecule has 0 aromatic carbocycles. The van der Waals surface area contributed by atoms with Crippen molar-refractivity contribution < 1.29 is 18.4 Å². The van der Waals surface area contributed by atoms with Crippen LogP contribution in [-0.4, -0.2) is 54.6 Å². The van der Waals surface area contributed by atoms with Gasteiger partial charge in [-0.15, -0.1) is 0 Å². The first-order chi connectivity index (χ1) is 11.8. The second-order valence-corrected chi connectivity index (χ2v) is 6.58. The van der Waals surface area contributed by atoms with Crippen LogP contribution < -0.4 is 0 Å². The van der Waals surface area contributed by atoms with E-state index >= 15 is 0 Å². The molecular formula is C18H22N2O4. The van der Waals surface area contributed by atoms with E-state index in [1.807, 2.05) is 17.0 Å². The Morgan fingerprint density at radius 3 is 2.96 bits per heavy atom. The van der Waals surface area contributed by atoms with E-state index in [-0.39, 0.29) is 18.1 Å². The molecule has 2 aliphatic heterocycles. The van der Waals surface area contributed by atoms with E-state index in [2.05, 4.69) is 4.90 Å². The first-order valence-corrected chi connectivity index (χ1v) is 8.37. The van der Waals surface area contributed by atoms with Crippen molar-refractivity contribution in [2.24, 2.45) is 5.92 Å². The van der Waals surface area contributed by atoms with Crippen molar-refractivity contribution in [3.8, 4) is 0 Å². The molecule has 0 radical (unpaired) electrons. The zero-order valence-corrected chi connectivity index (χ0v) is 13.8. The fraction of sp³-hybridized carbons (Fsp3) is 0.500. The number of furan rings is 2. The van der Waals surface area contributed by atoms with Crippen molar-refractivity contribution in [1.82, 2.24) is 9.80 Å². The average Bonchev–Trinajstić information content (AvgIpc) is 3.34. The first kappa shape index (κ1) is 15.5. The van der Waals surface area contributed by atoms with Gasteiger partial charge in [0, 0.05) is 32.7 Å². The molecule has 2 aliphatic rings. The number of hydrogen-bond donors (Lipinski definition) is 0. The molecule has 0 bridgehead atoms. The van der Waals surface area contributed by atoms with Crippen molar-refractivity contribution >= 4 is 5.91 Å². The summed E-state index contributed by atoms with van der Waals surface area (Å²) in [5.74, 6) is 1.33. The highest BCUT2D eigenvalue weighted by Gasteiger charge is 2.46. The lowest BCUT2D eigenvalue weighted by molar-refractivity contribution is -0.0157. The zero-order chi connectivity index (χ0) is 16.5. The molecule has 2 aromatic heterocycles. The summed E-state index contributed by atoms with van der Waals surface area (Å²) in [4.78, 5) is 17.2. The lowest BCUT2D eigenvalue weighted by atomic mass is 9.88. The summed E-state index contributed by atoms with van der Waals surface area (Å²) in [6, 6.07) is 5.80. The molecule has 2 aromatic rings. The van der Waals surface area contributed by atoms with E-state index in [1.165, 1.54) is 6.26 Å². The number of carbonyl (C=O) groups excluding carboxylic acids is 1. The second kappa shape index (κ2) is 6.45. The number of rotatable bonds is 4. The predicted molar refractivity (Wildman–Crippen MR) is 86.4 cm³/mol. The van der Waals surface area contributed by atoms with Gasteiger partial charge in [0.2, 0.25) is 0 Å². The lowest BCUT2D eigenvalue weighted by Gasteiger charge is -2.41. The molecule has 1 amide bonds. The summed E-state index contributed by atoms with van der Waals surface area (Å²) in [7, 11) is 1.77. The lowest BCUT2D eigenvalue weighted by Crippen LogP contribution is -2.53. The van der Waals surface area contributed by atoms with Gasteiger partial charge < -0.3 is 18.5 Å². The molecule has 6 heteroatoms. The van der Waals surface area contributed by atoms with Crippen molar-refractivity contribution in [2.75, 3.05) is 26.7 Å². The second-order valence-electron chi connectivity index (χ2n) is 6.58. The minimum atomic E-state index is 0.0492. The monoisotopic (exact) mass is 330 g/mol. The molecule has 0 spiro atoms. The van der Waals surface area contributed by atoms with E-state index < -0.39 is 0 Å². The molecule has 2 saturated heterocycles. The Bertz CT molecular complexity index is 667. The van der Waals surface area contributed by atoms with E-state index in [4.69, 9.17) is 13.6 Å². The normalized spacial score (nSPS) is 27.4. The summed E-state index contributed by atoms with van der Waals surface area (Å²) in [6.45, 7) is 3.25. The number of carbonyl (C=O) groups is 1. The number of fused-ring (bicyclic) bond motifs is 1. The molecule has 0 N–H and O–H groups in total. The average molecular weight is 330 g/mol. The van der Waals surface area contributed by atoms with Crippen LogP contribution in [0.4, 0.5) is 0 Å². The number of ether oxygens (including phenoxy) is 1. The summed E-state index contributed by atoms with van der Waals surface area (Å²) >= 11 is 0. The molecular weight excluding hydrogens is 308 g/mol. The fourth-order valence-corrected chi connectivity index (χ4v) is 4.08. The van der Waals surface area contributed by atoms with E-state index in [1.54, 1.807) is 25.7 Å². The Kier molecular flexibility index (Phi) is 4.16.